The van der Waals surface area contributed by atoms with Crippen molar-refractivity contribution in [1.82, 2.24) is 20.3 Å². The molecule has 1 aromatic carbocycles. The van der Waals surface area contributed by atoms with Gasteiger partial charge in [0.1, 0.15) is 5.82 Å². The number of nitrogens with one attached hydrogen (secondary N) is 2. The Hall–Kier alpha value is -2.02. The Bertz CT molecular complexity index is 811. The van der Waals surface area contributed by atoms with Crippen LogP contribution in [-0.4, -0.2) is 36.2 Å². The van der Waals surface area contributed by atoms with Gasteiger partial charge >= 0.3 is 0 Å². The predicted octanol–water partition coefficient (Wildman–Crippen LogP) is 4.70. The molecule has 3 aromatic rings. The summed E-state index contributed by atoms with van der Waals surface area (Å²) < 4.78 is 6.05. The van der Waals surface area contributed by atoms with E-state index in [0.29, 0.717) is 6.61 Å². The molecule has 0 radical (unpaired) electrons. The van der Waals surface area contributed by atoms with Gasteiger partial charge < -0.3 is 9.72 Å². The Morgan fingerprint density at radius 2 is 1.89 bits per heavy atom. The minimum atomic E-state index is -1.10. The maximum Gasteiger partial charge on any atom is 0.126 e. The summed E-state index contributed by atoms with van der Waals surface area (Å²) in [5.74, 6) is 0.909. The van der Waals surface area contributed by atoms with Crippen LogP contribution in [0.4, 0.5) is 0 Å². The van der Waals surface area contributed by atoms with Crippen LogP contribution in [0, 0.1) is 0 Å². The number of hydrogen-bond acceptors (Lipinski definition) is 4. The molecule has 27 heavy (non-hydrogen) atoms. The van der Waals surface area contributed by atoms with Crippen LogP contribution in [0.25, 0.3) is 11.0 Å². The van der Waals surface area contributed by atoms with Gasteiger partial charge in [-0.15, -0.1) is 0 Å². The normalized spacial score (nSPS) is 14.4. The van der Waals surface area contributed by atoms with Crippen LogP contribution >= 0.6 is 0 Å². The molecule has 0 saturated heterocycles. The molecule has 2 atom stereocenters. The number of imidazole rings is 1. The van der Waals surface area contributed by atoms with Gasteiger partial charge in [-0.25, -0.2) is 4.98 Å². The summed E-state index contributed by atoms with van der Waals surface area (Å²) >= 11 is 0. The molecular weight excluding hydrogens is 352 g/mol. The van der Waals surface area contributed by atoms with Crippen molar-refractivity contribution in [2.45, 2.75) is 44.7 Å². The molecular formula is C21H30N4OSi. The van der Waals surface area contributed by atoms with Gasteiger partial charge in [0.05, 0.1) is 29.4 Å². The average molecular weight is 383 g/mol. The van der Waals surface area contributed by atoms with Crippen molar-refractivity contribution in [3.63, 3.8) is 0 Å². The van der Waals surface area contributed by atoms with Gasteiger partial charge in [0.2, 0.25) is 0 Å². The van der Waals surface area contributed by atoms with Crippen molar-refractivity contribution in [3.8, 4) is 0 Å². The summed E-state index contributed by atoms with van der Waals surface area (Å²) in [4.78, 5) is 12.7. The molecule has 0 fully saturated rings. The monoisotopic (exact) mass is 382 g/mol. The first-order valence-electron chi connectivity index (χ1n) is 9.62. The maximum atomic E-state index is 6.05. The molecule has 2 heterocycles. The van der Waals surface area contributed by atoms with Gasteiger partial charge in [-0.3, -0.25) is 10.3 Å². The molecule has 5 nitrogen and oxygen atoms in total. The first-order chi connectivity index (χ1) is 12.9. The van der Waals surface area contributed by atoms with Crippen LogP contribution in [0.15, 0.2) is 48.7 Å². The van der Waals surface area contributed by atoms with Crippen LogP contribution in [0.2, 0.25) is 25.7 Å². The zero-order chi connectivity index (χ0) is 19.3. The number of aromatic nitrogens is 3. The summed E-state index contributed by atoms with van der Waals surface area (Å²) in [6.45, 7) is 10.6. The Balaban J connectivity index is 1.73. The predicted molar refractivity (Wildman–Crippen MR) is 114 cm³/mol. The SMILES string of the molecule is CC(NC(COCC[Si](C)(C)C)c1nc2ccccc2[nH]1)c1ccccn1. The van der Waals surface area contributed by atoms with E-state index in [4.69, 9.17) is 9.72 Å². The van der Waals surface area contributed by atoms with Crippen LogP contribution in [0.3, 0.4) is 0 Å². The summed E-state index contributed by atoms with van der Waals surface area (Å²) in [7, 11) is -1.10. The van der Waals surface area contributed by atoms with Crippen molar-refractivity contribution in [2.75, 3.05) is 13.2 Å². The van der Waals surface area contributed by atoms with Crippen molar-refractivity contribution in [3.05, 3.63) is 60.2 Å². The van der Waals surface area contributed by atoms with Gasteiger partial charge in [-0.2, -0.15) is 0 Å². The molecule has 0 aliphatic rings. The summed E-state index contributed by atoms with van der Waals surface area (Å²) in [6, 6.07) is 15.4. The lowest BCUT2D eigenvalue weighted by molar-refractivity contribution is 0.116. The van der Waals surface area contributed by atoms with Crippen molar-refractivity contribution in [1.29, 1.82) is 0 Å². The Morgan fingerprint density at radius 3 is 2.59 bits per heavy atom. The van der Waals surface area contributed by atoms with Gasteiger partial charge in [-0.05, 0) is 37.2 Å². The number of para-hydroxylation sites is 2. The molecule has 0 spiro atoms. The fourth-order valence-corrected chi connectivity index (χ4v) is 3.70. The van der Waals surface area contributed by atoms with E-state index in [2.05, 4.69) is 47.9 Å². The third-order valence-electron chi connectivity index (χ3n) is 4.60. The molecule has 2 unspecified atom stereocenters. The zero-order valence-corrected chi connectivity index (χ0v) is 17.7. The number of benzene rings is 1. The lowest BCUT2D eigenvalue weighted by atomic mass is 10.1. The van der Waals surface area contributed by atoms with Crippen LogP contribution in [-0.2, 0) is 4.74 Å². The summed E-state index contributed by atoms with van der Waals surface area (Å²) in [5, 5.41) is 3.64. The molecule has 2 aromatic heterocycles. The van der Waals surface area contributed by atoms with Gasteiger partial charge in [0.25, 0.3) is 0 Å². The number of fused-ring (bicyclic) bond motifs is 1. The lowest BCUT2D eigenvalue weighted by Gasteiger charge is -2.22. The molecule has 0 aliphatic heterocycles. The number of rotatable bonds is 9. The Labute approximate surface area is 162 Å². The highest BCUT2D eigenvalue weighted by atomic mass is 28.3. The second-order valence-electron chi connectivity index (χ2n) is 8.22. The Morgan fingerprint density at radius 1 is 1.11 bits per heavy atom. The van der Waals surface area contributed by atoms with Crippen molar-refractivity contribution in [2.24, 2.45) is 0 Å². The standard InChI is InChI=1S/C21H30N4OSi/c1-16(17-9-7-8-12-22-17)23-20(15-26-13-14-27(2,3)4)21-24-18-10-5-6-11-19(18)25-21/h5-12,16,20,23H,13-15H2,1-4H3,(H,24,25). The van der Waals surface area contributed by atoms with Gasteiger partial charge in [-0.1, -0.05) is 37.8 Å². The van der Waals surface area contributed by atoms with E-state index in [-0.39, 0.29) is 12.1 Å². The molecule has 0 aliphatic carbocycles. The minimum absolute atomic E-state index is 0.0176. The number of ether oxygens (including phenoxy) is 1. The highest BCUT2D eigenvalue weighted by Crippen LogP contribution is 2.20. The maximum absolute atomic E-state index is 6.05. The van der Waals surface area contributed by atoms with Crippen LogP contribution in [0.1, 0.15) is 30.5 Å². The van der Waals surface area contributed by atoms with Gasteiger partial charge in [0, 0.05) is 26.9 Å². The number of pyridine rings is 1. The smallest absolute Gasteiger partial charge is 0.126 e. The van der Waals surface area contributed by atoms with Crippen molar-refractivity contribution >= 4 is 19.1 Å². The van der Waals surface area contributed by atoms with Crippen LogP contribution < -0.4 is 5.32 Å². The number of H-pyrrole nitrogens is 1. The summed E-state index contributed by atoms with van der Waals surface area (Å²) in [6.07, 6.45) is 1.83. The van der Waals surface area contributed by atoms with E-state index in [9.17, 15) is 0 Å². The molecule has 2 N–H and O–H groups in total. The third kappa shape index (κ3) is 5.72. The van der Waals surface area contributed by atoms with E-state index in [0.717, 1.165) is 35.2 Å². The first-order valence-corrected chi connectivity index (χ1v) is 13.3. The van der Waals surface area contributed by atoms with E-state index >= 15 is 0 Å². The van der Waals surface area contributed by atoms with E-state index in [1.54, 1.807) is 0 Å². The number of aromatic amines is 1. The fraction of sp³-hybridized carbons (Fsp3) is 0.429. The molecule has 0 saturated carbocycles. The highest BCUT2D eigenvalue weighted by Gasteiger charge is 2.20. The quantitative estimate of drug-likeness (QED) is 0.416. The van der Waals surface area contributed by atoms with E-state index < -0.39 is 8.07 Å². The minimum Gasteiger partial charge on any atom is -0.380 e. The number of nitrogens with zero attached hydrogens (tertiary/aromatic N) is 2. The number of hydrogen-bond donors (Lipinski definition) is 2. The molecule has 0 amide bonds. The molecule has 3 rings (SSSR count). The van der Waals surface area contributed by atoms with E-state index in [1.165, 1.54) is 0 Å². The second kappa shape index (κ2) is 8.78. The Kier molecular flexibility index (Phi) is 6.41. The average Bonchev–Trinajstić information content (AvgIpc) is 3.08. The summed E-state index contributed by atoms with van der Waals surface area (Å²) in [5.41, 5.74) is 3.04. The largest absolute Gasteiger partial charge is 0.380 e. The zero-order valence-electron chi connectivity index (χ0n) is 16.7. The highest BCUT2D eigenvalue weighted by molar-refractivity contribution is 6.76. The lowest BCUT2D eigenvalue weighted by Crippen LogP contribution is -2.30. The topological polar surface area (TPSA) is 62.8 Å². The van der Waals surface area contributed by atoms with E-state index in [1.807, 2.05) is 42.6 Å². The molecule has 6 heteroatoms. The van der Waals surface area contributed by atoms with Gasteiger partial charge in [0.15, 0.2) is 0 Å². The third-order valence-corrected chi connectivity index (χ3v) is 6.31. The second-order valence-corrected chi connectivity index (χ2v) is 13.8. The fourth-order valence-electron chi connectivity index (χ4n) is 2.94. The van der Waals surface area contributed by atoms with Crippen molar-refractivity contribution < 1.29 is 4.74 Å². The molecule has 0 bridgehead atoms. The molecule has 144 valence electrons. The van der Waals surface area contributed by atoms with Crippen LogP contribution in [0.5, 0.6) is 0 Å². The first kappa shape index (κ1) is 19.7.